The molecule has 1 amide bonds. The number of nitriles is 1. The molecule has 2 unspecified atom stereocenters. The van der Waals surface area contributed by atoms with E-state index in [4.69, 9.17) is 9.72 Å². The zero-order chi connectivity index (χ0) is 24.7. The fourth-order valence-corrected chi connectivity index (χ4v) is 5.82. The smallest absolute Gasteiger partial charge is 0.244 e. The Hall–Kier alpha value is -3.43. The fraction of sp³-hybridized carbons (Fsp3) is 0.414. The highest BCUT2D eigenvalue weighted by molar-refractivity contribution is 5.96. The lowest BCUT2D eigenvalue weighted by Gasteiger charge is -2.35. The molecule has 3 heterocycles. The first-order valence-corrected chi connectivity index (χ1v) is 12.4. The molecule has 6 nitrogen and oxygen atoms in total. The maximum Gasteiger partial charge on any atom is 0.244 e. The minimum atomic E-state index is -0.239. The van der Waals surface area contributed by atoms with Crippen molar-refractivity contribution in [1.29, 1.82) is 5.26 Å². The van der Waals surface area contributed by atoms with Crippen LogP contribution < -0.4 is 5.32 Å². The second kappa shape index (κ2) is 8.98. The number of nitrogens with one attached hydrogen (secondary N) is 1. The van der Waals surface area contributed by atoms with E-state index in [1.54, 1.807) is 12.2 Å². The van der Waals surface area contributed by atoms with Gasteiger partial charge in [0.1, 0.15) is 11.7 Å². The van der Waals surface area contributed by atoms with E-state index in [0.29, 0.717) is 12.2 Å². The zero-order valence-corrected chi connectivity index (χ0v) is 20.9. The molecule has 2 aromatic heterocycles. The number of nitrogens with zero attached hydrogens (tertiary/aromatic N) is 3. The topological polar surface area (TPSA) is 79.9 Å². The highest BCUT2D eigenvalue weighted by Gasteiger charge is 2.31. The van der Waals surface area contributed by atoms with Crippen molar-refractivity contribution in [2.24, 2.45) is 0 Å². The van der Waals surface area contributed by atoms with E-state index in [-0.39, 0.29) is 23.6 Å². The molecule has 1 N–H and O–H groups in total. The molecular formula is C29H32N4O2. The molecule has 180 valence electrons. The summed E-state index contributed by atoms with van der Waals surface area (Å²) in [7, 11) is 0. The van der Waals surface area contributed by atoms with Gasteiger partial charge in [-0.2, -0.15) is 5.26 Å². The van der Waals surface area contributed by atoms with Crippen LogP contribution in [-0.4, -0.2) is 33.7 Å². The van der Waals surface area contributed by atoms with Crippen LogP contribution in [0, 0.1) is 25.2 Å². The van der Waals surface area contributed by atoms with Gasteiger partial charge in [-0.1, -0.05) is 24.3 Å². The first-order valence-electron chi connectivity index (χ1n) is 12.4. The van der Waals surface area contributed by atoms with Crippen LogP contribution in [0.15, 0.2) is 36.4 Å². The first-order chi connectivity index (χ1) is 16.8. The van der Waals surface area contributed by atoms with Gasteiger partial charge in [-0.05, 0) is 82.2 Å². The Kier molecular flexibility index (Phi) is 5.98. The number of hydrogen-bond donors (Lipinski definition) is 1. The van der Waals surface area contributed by atoms with Crippen LogP contribution in [-0.2, 0) is 16.0 Å². The molecule has 3 aromatic rings. The zero-order valence-electron chi connectivity index (χ0n) is 20.9. The first kappa shape index (κ1) is 23.3. The molecule has 0 spiro atoms. The normalized spacial score (nSPS) is 21.2. The van der Waals surface area contributed by atoms with E-state index < -0.39 is 0 Å². The van der Waals surface area contributed by atoms with E-state index in [1.807, 2.05) is 19.9 Å². The van der Waals surface area contributed by atoms with Gasteiger partial charge < -0.3 is 14.6 Å². The number of carbonyl (C=O) groups is 1. The summed E-state index contributed by atoms with van der Waals surface area (Å²) in [5.74, 6) is -0.152. The lowest BCUT2D eigenvalue weighted by Crippen LogP contribution is -2.45. The van der Waals surface area contributed by atoms with Crippen LogP contribution in [0.5, 0.6) is 0 Å². The number of rotatable bonds is 4. The van der Waals surface area contributed by atoms with Crippen molar-refractivity contribution in [3.05, 3.63) is 70.0 Å². The number of ether oxygens (including phenoxy) is 1. The Labute approximate surface area is 206 Å². The maximum absolute atomic E-state index is 12.9. The number of aryl methyl sites for hydroxylation is 3. The third kappa shape index (κ3) is 4.37. The summed E-state index contributed by atoms with van der Waals surface area (Å²) in [4.78, 5) is 17.8. The Bertz CT molecular complexity index is 1380. The van der Waals surface area contributed by atoms with E-state index in [0.717, 1.165) is 53.7 Å². The quantitative estimate of drug-likeness (QED) is 0.537. The predicted molar refractivity (Wildman–Crippen MR) is 137 cm³/mol. The molecule has 1 aliphatic heterocycles. The van der Waals surface area contributed by atoms with Crippen LogP contribution in [0.4, 0.5) is 0 Å². The average Bonchev–Trinajstić information content (AvgIpc) is 3.35. The number of fused-ring (bicyclic) bond motifs is 2. The van der Waals surface area contributed by atoms with Gasteiger partial charge >= 0.3 is 0 Å². The molecule has 35 heavy (non-hydrogen) atoms. The van der Waals surface area contributed by atoms with Gasteiger partial charge in [-0.25, -0.2) is 4.98 Å². The van der Waals surface area contributed by atoms with E-state index in [1.165, 1.54) is 11.1 Å². The van der Waals surface area contributed by atoms with Gasteiger partial charge in [0.2, 0.25) is 5.91 Å². The molecule has 1 saturated heterocycles. The van der Waals surface area contributed by atoms with Crippen LogP contribution in [0.2, 0.25) is 0 Å². The van der Waals surface area contributed by atoms with Crippen molar-refractivity contribution >= 4 is 23.0 Å². The lowest BCUT2D eigenvalue weighted by molar-refractivity contribution is -0.119. The Balaban J connectivity index is 1.57. The summed E-state index contributed by atoms with van der Waals surface area (Å²) < 4.78 is 7.96. The molecule has 1 aromatic carbocycles. The van der Waals surface area contributed by atoms with Gasteiger partial charge in [0.15, 0.2) is 0 Å². The molecule has 0 radical (unpaired) electrons. The fourth-order valence-electron chi connectivity index (χ4n) is 5.82. The number of benzene rings is 1. The van der Waals surface area contributed by atoms with Crippen LogP contribution in [0.1, 0.15) is 72.8 Å². The monoisotopic (exact) mass is 468 g/mol. The SMILES string of the molecule is Cc1cc(C)c2c(C#N)c(/C=C/C(=O)NC3CCOC(C)(C)C3)n(C3CCc4ccccc43)c2n1. The van der Waals surface area contributed by atoms with E-state index in [9.17, 15) is 10.1 Å². The third-order valence-electron chi connectivity index (χ3n) is 7.28. The molecule has 2 atom stereocenters. The van der Waals surface area contributed by atoms with Crippen molar-refractivity contribution in [1.82, 2.24) is 14.9 Å². The number of hydrogen-bond acceptors (Lipinski definition) is 4. The van der Waals surface area contributed by atoms with Gasteiger partial charge in [-0.15, -0.1) is 0 Å². The highest BCUT2D eigenvalue weighted by Crippen LogP contribution is 2.40. The van der Waals surface area contributed by atoms with Crippen molar-refractivity contribution in [3.8, 4) is 6.07 Å². The molecule has 1 fully saturated rings. The minimum Gasteiger partial charge on any atom is -0.375 e. The number of aromatic nitrogens is 2. The maximum atomic E-state index is 12.9. The molecule has 2 aliphatic rings. The second-order valence-corrected chi connectivity index (χ2v) is 10.4. The summed E-state index contributed by atoms with van der Waals surface area (Å²) in [6.07, 6.45) is 6.86. The molecular weight excluding hydrogens is 436 g/mol. The van der Waals surface area contributed by atoms with Crippen LogP contribution in [0.3, 0.4) is 0 Å². The standard InChI is InChI=1S/C29H32N4O2/c1-18-15-19(2)31-28-27(18)23(17-30)25(33(28)24-10-9-20-7-5-6-8-22(20)24)11-12-26(34)32-21-13-14-35-29(3,4)16-21/h5-8,11-12,15,21,24H,9-10,13-14,16H2,1-4H3,(H,32,34)/b12-11+. The molecule has 0 bridgehead atoms. The van der Waals surface area contributed by atoms with E-state index >= 15 is 0 Å². The van der Waals surface area contributed by atoms with Crippen LogP contribution in [0.25, 0.3) is 17.1 Å². The van der Waals surface area contributed by atoms with Crippen molar-refractivity contribution < 1.29 is 9.53 Å². The van der Waals surface area contributed by atoms with Gasteiger partial charge in [0.25, 0.3) is 0 Å². The summed E-state index contributed by atoms with van der Waals surface area (Å²) in [6.45, 7) is 8.75. The van der Waals surface area contributed by atoms with Crippen LogP contribution >= 0.6 is 0 Å². The largest absolute Gasteiger partial charge is 0.375 e. The van der Waals surface area contributed by atoms with Crippen molar-refractivity contribution in [2.75, 3.05) is 6.61 Å². The Morgan fingerprint density at radius 1 is 1.29 bits per heavy atom. The summed E-state index contributed by atoms with van der Waals surface area (Å²) in [5.41, 5.74) is 6.43. The van der Waals surface area contributed by atoms with Gasteiger partial charge in [-0.3, -0.25) is 4.79 Å². The average molecular weight is 469 g/mol. The van der Waals surface area contributed by atoms with E-state index in [2.05, 4.69) is 54.1 Å². The number of amides is 1. The molecule has 0 saturated carbocycles. The van der Waals surface area contributed by atoms with Crippen molar-refractivity contribution in [3.63, 3.8) is 0 Å². The second-order valence-electron chi connectivity index (χ2n) is 10.4. The summed E-state index contributed by atoms with van der Waals surface area (Å²) >= 11 is 0. The summed E-state index contributed by atoms with van der Waals surface area (Å²) in [5, 5.41) is 14.2. The molecule has 1 aliphatic carbocycles. The number of carbonyl (C=O) groups excluding carboxylic acids is 1. The van der Waals surface area contributed by atoms with Crippen molar-refractivity contribution in [2.45, 2.75) is 71.1 Å². The highest BCUT2D eigenvalue weighted by atomic mass is 16.5. The minimum absolute atomic E-state index is 0.0727. The number of pyridine rings is 1. The predicted octanol–water partition coefficient (Wildman–Crippen LogP) is 5.15. The van der Waals surface area contributed by atoms with Gasteiger partial charge in [0, 0.05) is 29.8 Å². The molecule has 6 heteroatoms. The Morgan fingerprint density at radius 3 is 2.86 bits per heavy atom. The lowest BCUT2D eigenvalue weighted by atomic mass is 9.94. The Morgan fingerprint density at radius 2 is 2.09 bits per heavy atom. The summed E-state index contributed by atoms with van der Waals surface area (Å²) in [6, 6.07) is 13.1. The van der Waals surface area contributed by atoms with Gasteiger partial charge in [0.05, 0.1) is 22.9 Å². The third-order valence-corrected chi connectivity index (χ3v) is 7.28. The molecule has 5 rings (SSSR count).